The van der Waals surface area contributed by atoms with Crippen LogP contribution in [0, 0.1) is 10.1 Å². The molecule has 0 aliphatic heterocycles. The summed E-state index contributed by atoms with van der Waals surface area (Å²) in [5.41, 5.74) is -0.215. The third kappa shape index (κ3) is 4.33. The molecule has 0 spiro atoms. The van der Waals surface area contributed by atoms with Crippen LogP contribution in [0.3, 0.4) is 0 Å². The average Bonchev–Trinajstić information content (AvgIpc) is 1.87. The number of allylic oxidation sites excluding steroid dienone is 4. The van der Waals surface area contributed by atoms with Gasteiger partial charge >= 0.3 is 0 Å². The fraction of sp³-hybridized carbons (Fsp3) is 0.143. The van der Waals surface area contributed by atoms with E-state index in [9.17, 15) is 10.1 Å². The lowest BCUT2D eigenvalue weighted by Gasteiger charge is -1.87. The normalized spacial score (nSPS) is 12.0. The first-order valence-electron chi connectivity index (χ1n) is 2.91. The van der Waals surface area contributed by atoms with Crippen molar-refractivity contribution in [1.29, 1.82) is 0 Å². The summed E-state index contributed by atoms with van der Waals surface area (Å²) in [4.78, 5) is 9.43. The zero-order valence-electron chi connectivity index (χ0n) is 6.08. The minimum Gasteiger partial charge on any atom is -0.258 e. The minimum absolute atomic E-state index is 0.215. The quantitative estimate of drug-likeness (QED) is 0.374. The van der Waals surface area contributed by atoms with Crippen LogP contribution in [-0.4, -0.2) is 4.92 Å². The van der Waals surface area contributed by atoms with Crippen LogP contribution in [0.15, 0.2) is 35.5 Å². The van der Waals surface area contributed by atoms with E-state index in [4.69, 9.17) is 11.6 Å². The second-order valence-corrected chi connectivity index (χ2v) is 2.21. The van der Waals surface area contributed by atoms with E-state index in [1.165, 1.54) is 6.08 Å². The Morgan fingerprint density at radius 1 is 1.73 bits per heavy atom. The third-order valence-corrected chi connectivity index (χ3v) is 1.10. The lowest BCUT2D eigenvalue weighted by Crippen LogP contribution is -1.92. The van der Waals surface area contributed by atoms with Crippen LogP contribution < -0.4 is 0 Å². The standard InChI is InChI=1S/C7H8ClNO2/c1-3-4-7(8)5-6(2)9(10)11/h3-5H,2H2,1H3/b4-3-,7-5+. The molecule has 60 valence electrons. The maximum Gasteiger partial charge on any atom is 0.263 e. The maximum atomic E-state index is 10.0. The number of nitro groups is 1. The van der Waals surface area contributed by atoms with E-state index in [1.807, 2.05) is 0 Å². The second kappa shape index (κ2) is 4.68. The first kappa shape index (κ1) is 9.91. The van der Waals surface area contributed by atoms with Gasteiger partial charge in [0.25, 0.3) is 5.70 Å². The molecule has 0 bridgehead atoms. The fourth-order valence-corrected chi connectivity index (χ4v) is 0.671. The van der Waals surface area contributed by atoms with Gasteiger partial charge in [0.2, 0.25) is 0 Å². The van der Waals surface area contributed by atoms with Gasteiger partial charge in [-0.25, -0.2) is 0 Å². The second-order valence-electron chi connectivity index (χ2n) is 1.78. The van der Waals surface area contributed by atoms with Gasteiger partial charge in [0.15, 0.2) is 0 Å². The average molecular weight is 174 g/mol. The molecule has 0 fully saturated rings. The monoisotopic (exact) mass is 173 g/mol. The molecule has 0 N–H and O–H groups in total. The molecule has 0 aliphatic carbocycles. The van der Waals surface area contributed by atoms with Crippen molar-refractivity contribution >= 4 is 11.6 Å². The van der Waals surface area contributed by atoms with E-state index in [0.29, 0.717) is 5.03 Å². The van der Waals surface area contributed by atoms with Crippen LogP contribution in [0.1, 0.15) is 6.92 Å². The predicted octanol–water partition coefficient (Wildman–Crippen LogP) is 2.48. The van der Waals surface area contributed by atoms with Gasteiger partial charge in [0.05, 0.1) is 4.92 Å². The van der Waals surface area contributed by atoms with Gasteiger partial charge in [-0.3, -0.25) is 10.1 Å². The summed E-state index contributed by atoms with van der Waals surface area (Å²) in [7, 11) is 0. The van der Waals surface area contributed by atoms with Gasteiger partial charge in [0.1, 0.15) is 0 Å². The summed E-state index contributed by atoms with van der Waals surface area (Å²) in [6.45, 7) is 4.95. The van der Waals surface area contributed by atoms with Gasteiger partial charge in [-0.05, 0) is 19.6 Å². The Labute approximate surface area is 69.8 Å². The fourth-order valence-electron chi connectivity index (χ4n) is 0.419. The molecule has 0 radical (unpaired) electrons. The largest absolute Gasteiger partial charge is 0.263 e. The Morgan fingerprint density at radius 2 is 2.27 bits per heavy atom. The molecule has 0 aromatic rings. The first-order chi connectivity index (χ1) is 5.07. The predicted molar refractivity (Wildman–Crippen MR) is 44.9 cm³/mol. The van der Waals surface area contributed by atoms with Gasteiger partial charge in [-0.1, -0.05) is 17.7 Å². The van der Waals surface area contributed by atoms with Gasteiger partial charge in [0, 0.05) is 11.1 Å². The molecule has 0 heterocycles. The van der Waals surface area contributed by atoms with E-state index < -0.39 is 4.92 Å². The lowest BCUT2D eigenvalue weighted by atomic mass is 10.4. The van der Waals surface area contributed by atoms with Crippen molar-refractivity contribution in [2.24, 2.45) is 0 Å². The molecule has 0 unspecified atom stereocenters. The molecule has 0 aromatic heterocycles. The summed E-state index contributed by atoms with van der Waals surface area (Å²) in [6.07, 6.45) is 4.43. The van der Waals surface area contributed by atoms with E-state index in [2.05, 4.69) is 6.58 Å². The van der Waals surface area contributed by atoms with Crippen LogP contribution in [0.25, 0.3) is 0 Å². The number of rotatable bonds is 3. The van der Waals surface area contributed by atoms with Crippen molar-refractivity contribution in [1.82, 2.24) is 0 Å². The molecular weight excluding hydrogens is 166 g/mol. The van der Waals surface area contributed by atoms with E-state index in [-0.39, 0.29) is 5.70 Å². The van der Waals surface area contributed by atoms with Crippen molar-refractivity contribution in [3.63, 3.8) is 0 Å². The summed E-state index contributed by atoms with van der Waals surface area (Å²) in [5.74, 6) is 0. The smallest absolute Gasteiger partial charge is 0.258 e. The summed E-state index contributed by atoms with van der Waals surface area (Å²) in [5, 5.41) is 10.3. The van der Waals surface area contributed by atoms with Crippen molar-refractivity contribution < 1.29 is 4.92 Å². The number of hydrogen-bond donors (Lipinski definition) is 0. The topological polar surface area (TPSA) is 43.1 Å². The van der Waals surface area contributed by atoms with Crippen LogP contribution in [0.5, 0.6) is 0 Å². The molecule has 0 aliphatic rings. The molecule has 0 amide bonds. The number of hydrogen-bond acceptors (Lipinski definition) is 2. The van der Waals surface area contributed by atoms with Crippen LogP contribution in [-0.2, 0) is 0 Å². The van der Waals surface area contributed by atoms with E-state index >= 15 is 0 Å². The van der Waals surface area contributed by atoms with Gasteiger partial charge in [-0.2, -0.15) is 0 Å². The molecule has 0 saturated heterocycles. The van der Waals surface area contributed by atoms with Crippen molar-refractivity contribution in [3.05, 3.63) is 45.7 Å². The number of halogens is 1. The molecule has 11 heavy (non-hydrogen) atoms. The highest BCUT2D eigenvalue weighted by atomic mass is 35.5. The van der Waals surface area contributed by atoms with E-state index in [0.717, 1.165) is 0 Å². The summed E-state index contributed by atoms with van der Waals surface area (Å²) in [6, 6.07) is 0. The molecule has 3 nitrogen and oxygen atoms in total. The van der Waals surface area contributed by atoms with Crippen LogP contribution in [0.2, 0.25) is 0 Å². The van der Waals surface area contributed by atoms with Gasteiger partial charge in [-0.15, -0.1) is 0 Å². The summed E-state index contributed by atoms with van der Waals surface area (Å²) >= 11 is 5.53. The zero-order valence-corrected chi connectivity index (χ0v) is 6.84. The number of nitrogens with zero attached hydrogens (tertiary/aromatic N) is 1. The summed E-state index contributed by atoms with van der Waals surface area (Å²) < 4.78 is 0. The van der Waals surface area contributed by atoms with Crippen molar-refractivity contribution in [2.45, 2.75) is 6.92 Å². The minimum atomic E-state index is -0.591. The van der Waals surface area contributed by atoms with Crippen LogP contribution in [0.4, 0.5) is 0 Å². The Kier molecular flexibility index (Phi) is 4.22. The first-order valence-corrected chi connectivity index (χ1v) is 3.29. The third-order valence-electron chi connectivity index (χ3n) is 0.865. The Hall–Kier alpha value is -1.09. The van der Waals surface area contributed by atoms with Crippen molar-refractivity contribution in [3.8, 4) is 0 Å². The van der Waals surface area contributed by atoms with Crippen molar-refractivity contribution in [2.75, 3.05) is 0 Å². The highest BCUT2D eigenvalue weighted by Gasteiger charge is 2.01. The Balaban J connectivity index is 4.31. The zero-order chi connectivity index (χ0) is 8.85. The highest BCUT2D eigenvalue weighted by molar-refractivity contribution is 6.31. The molecule has 0 rings (SSSR count). The molecule has 0 atom stereocenters. The van der Waals surface area contributed by atoms with Crippen LogP contribution >= 0.6 is 11.6 Å². The van der Waals surface area contributed by atoms with Gasteiger partial charge < -0.3 is 0 Å². The Morgan fingerprint density at radius 3 is 2.64 bits per heavy atom. The molecule has 0 aromatic carbocycles. The highest BCUT2D eigenvalue weighted by Crippen LogP contribution is 2.07. The SMILES string of the molecule is C=C(/C=C(Cl)\C=C/C)[N+](=O)[O-]. The molecule has 0 saturated carbocycles. The maximum absolute atomic E-state index is 10.0. The lowest BCUT2D eigenvalue weighted by molar-refractivity contribution is -0.418. The Bertz CT molecular complexity index is 231. The molecular formula is C7H8ClNO2. The molecule has 4 heteroatoms. The van der Waals surface area contributed by atoms with E-state index in [1.54, 1.807) is 19.1 Å².